The van der Waals surface area contributed by atoms with Gasteiger partial charge < -0.3 is 15.3 Å². The van der Waals surface area contributed by atoms with E-state index in [0.717, 1.165) is 12.8 Å². The first-order valence-corrected chi connectivity index (χ1v) is 6.72. The molecule has 1 aromatic rings. The maximum absolute atomic E-state index is 11.1. The third-order valence-electron chi connectivity index (χ3n) is 4.29. The standard InChI is InChI=1S/C12H17N5O3/c1-13-12-14-4-9(17(19)20)11(15-12)16-5-7-2-3-10(18)8(7)6-16/h4,7-8,10,18H,2-3,5-6H2,1H3,(H,13,14,15). The quantitative estimate of drug-likeness (QED) is 0.617. The van der Waals surface area contributed by atoms with Crippen molar-refractivity contribution in [1.29, 1.82) is 0 Å². The van der Waals surface area contributed by atoms with Gasteiger partial charge in [-0.3, -0.25) is 10.1 Å². The molecule has 2 aliphatic rings. The fourth-order valence-corrected chi connectivity index (χ4v) is 3.26. The van der Waals surface area contributed by atoms with Gasteiger partial charge in [0.2, 0.25) is 11.8 Å². The lowest BCUT2D eigenvalue weighted by molar-refractivity contribution is -0.384. The van der Waals surface area contributed by atoms with Crippen LogP contribution >= 0.6 is 0 Å². The summed E-state index contributed by atoms with van der Waals surface area (Å²) in [5.74, 6) is 1.30. The van der Waals surface area contributed by atoms with Gasteiger partial charge >= 0.3 is 5.69 Å². The van der Waals surface area contributed by atoms with Gasteiger partial charge in [-0.05, 0) is 18.8 Å². The van der Waals surface area contributed by atoms with Crippen LogP contribution in [-0.4, -0.2) is 46.2 Å². The Morgan fingerprint density at radius 2 is 2.30 bits per heavy atom. The van der Waals surface area contributed by atoms with Crippen molar-refractivity contribution in [3.05, 3.63) is 16.3 Å². The van der Waals surface area contributed by atoms with Crippen LogP contribution in [0.4, 0.5) is 17.5 Å². The normalized spacial score (nSPS) is 28.5. The topological polar surface area (TPSA) is 104 Å². The molecule has 2 fully saturated rings. The fraction of sp³-hybridized carbons (Fsp3) is 0.667. The van der Waals surface area contributed by atoms with Crippen LogP contribution in [0.1, 0.15) is 12.8 Å². The largest absolute Gasteiger partial charge is 0.393 e. The van der Waals surface area contributed by atoms with Crippen molar-refractivity contribution in [2.45, 2.75) is 18.9 Å². The SMILES string of the molecule is CNc1ncc([N+](=O)[O-])c(N2CC3CCC(O)C3C2)n1. The average Bonchev–Trinajstić information content (AvgIpc) is 3.00. The molecule has 8 heteroatoms. The molecule has 0 spiro atoms. The van der Waals surface area contributed by atoms with Gasteiger partial charge in [-0.25, -0.2) is 4.98 Å². The second-order valence-electron chi connectivity index (χ2n) is 5.38. The maximum Gasteiger partial charge on any atom is 0.329 e. The molecule has 1 saturated carbocycles. The number of rotatable bonds is 3. The van der Waals surface area contributed by atoms with E-state index in [2.05, 4.69) is 15.3 Å². The summed E-state index contributed by atoms with van der Waals surface area (Å²) in [6.45, 7) is 1.33. The number of aliphatic hydroxyl groups is 1. The Bertz CT molecular complexity index is 538. The van der Waals surface area contributed by atoms with Gasteiger partial charge in [-0.15, -0.1) is 0 Å². The van der Waals surface area contributed by atoms with Crippen LogP contribution in [0.2, 0.25) is 0 Å². The zero-order valence-electron chi connectivity index (χ0n) is 11.2. The molecule has 20 heavy (non-hydrogen) atoms. The van der Waals surface area contributed by atoms with Crippen molar-refractivity contribution in [3.8, 4) is 0 Å². The lowest BCUT2D eigenvalue weighted by atomic mass is 10.00. The Morgan fingerprint density at radius 1 is 1.50 bits per heavy atom. The molecule has 0 aromatic carbocycles. The molecular formula is C12H17N5O3. The van der Waals surface area contributed by atoms with E-state index in [-0.39, 0.29) is 17.7 Å². The van der Waals surface area contributed by atoms with Gasteiger partial charge in [0, 0.05) is 26.1 Å². The second-order valence-corrected chi connectivity index (χ2v) is 5.38. The van der Waals surface area contributed by atoms with Crippen molar-refractivity contribution in [1.82, 2.24) is 9.97 Å². The molecule has 1 aliphatic heterocycles. The summed E-state index contributed by atoms with van der Waals surface area (Å²) in [5, 5.41) is 23.9. The maximum atomic E-state index is 11.1. The highest BCUT2D eigenvalue weighted by atomic mass is 16.6. The van der Waals surface area contributed by atoms with E-state index in [9.17, 15) is 15.2 Å². The molecule has 2 heterocycles. The summed E-state index contributed by atoms with van der Waals surface area (Å²) >= 11 is 0. The minimum Gasteiger partial charge on any atom is -0.393 e. The summed E-state index contributed by atoms with van der Waals surface area (Å²) < 4.78 is 0. The fourth-order valence-electron chi connectivity index (χ4n) is 3.26. The van der Waals surface area contributed by atoms with E-state index in [1.54, 1.807) is 7.05 Å². The monoisotopic (exact) mass is 279 g/mol. The van der Waals surface area contributed by atoms with Gasteiger partial charge in [0.25, 0.3) is 0 Å². The van der Waals surface area contributed by atoms with Crippen LogP contribution in [0.15, 0.2) is 6.20 Å². The molecule has 2 N–H and O–H groups in total. The number of hydrogen-bond donors (Lipinski definition) is 2. The number of nitrogens with zero attached hydrogens (tertiary/aromatic N) is 4. The van der Waals surface area contributed by atoms with E-state index in [1.165, 1.54) is 6.20 Å². The molecule has 1 aromatic heterocycles. The number of nitrogens with one attached hydrogen (secondary N) is 1. The highest BCUT2D eigenvalue weighted by molar-refractivity contribution is 5.59. The molecule has 3 atom stereocenters. The van der Waals surface area contributed by atoms with Crippen LogP contribution in [0.5, 0.6) is 0 Å². The van der Waals surface area contributed by atoms with Crippen LogP contribution in [0.3, 0.4) is 0 Å². The summed E-state index contributed by atoms with van der Waals surface area (Å²) in [7, 11) is 1.67. The molecule has 8 nitrogen and oxygen atoms in total. The Morgan fingerprint density at radius 3 is 2.95 bits per heavy atom. The minimum atomic E-state index is -0.459. The summed E-state index contributed by atoms with van der Waals surface area (Å²) in [5.41, 5.74) is -0.0848. The number of anilines is 2. The lowest BCUT2D eigenvalue weighted by Crippen LogP contribution is -2.26. The molecule has 0 radical (unpaired) electrons. The first kappa shape index (κ1) is 13.0. The number of fused-ring (bicyclic) bond motifs is 1. The summed E-state index contributed by atoms with van der Waals surface area (Å²) in [6.07, 6.45) is 2.74. The first-order chi connectivity index (χ1) is 9.60. The highest BCUT2D eigenvalue weighted by Crippen LogP contribution is 2.41. The number of hydrogen-bond acceptors (Lipinski definition) is 7. The molecule has 0 bridgehead atoms. The Labute approximate surface area is 116 Å². The Balaban J connectivity index is 1.91. The minimum absolute atomic E-state index is 0.0848. The predicted molar refractivity (Wildman–Crippen MR) is 72.7 cm³/mol. The Kier molecular flexibility index (Phi) is 3.17. The van der Waals surface area contributed by atoms with Gasteiger partial charge in [0.05, 0.1) is 11.0 Å². The van der Waals surface area contributed by atoms with Crippen molar-refractivity contribution >= 4 is 17.5 Å². The average molecular weight is 279 g/mol. The Hall–Kier alpha value is -1.96. The van der Waals surface area contributed by atoms with Crippen LogP contribution < -0.4 is 10.2 Å². The molecule has 1 saturated heterocycles. The van der Waals surface area contributed by atoms with E-state index in [1.807, 2.05) is 4.90 Å². The number of nitro groups is 1. The van der Waals surface area contributed by atoms with Crippen LogP contribution in [-0.2, 0) is 0 Å². The molecular weight excluding hydrogens is 262 g/mol. The number of aliphatic hydroxyl groups excluding tert-OH is 1. The van der Waals surface area contributed by atoms with Gasteiger partial charge in [-0.2, -0.15) is 4.98 Å². The zero-order chi connectivity index (χ0) is 14.3. The molecule has 3 rings (SSSR count). The van der Waals surface area contributed by atoms with Crippen LogP contribution in [0, 0.1) is 22.0 Å². The smallest absolute Gasteiger partial charge is 0.329 e. The number of aromatic nitrogens is 2. The molecule has 0 amide bonds. The lowest BCUT2D eigenvalue weighted by Gasteiger charge is -2.19. The first-order valence-electron chi connectivity index (χ1n) is 6.72. The molecule has 3 unspecified atom stereocenters. The van der Waals surface area contributed by atoms with Crippen molar-refractivity contribution in [3.63, 3.8) is 0 Å². The van der Waals surface area contributed by atoms with Crippen molar-refractivity contribution in [2.24, 2.45) is 11.8 Å². The van der Waals surface area contributed by atoms with Crippen molar-refractivity contribution in [2.75, 3.05) is 30.4 Å². The van der Waals surface area contributed by atoms with Gasteiger partial charge in [0.15, 0.2) is 0 Å². The second kappa shape index (κ2) is 4.86. The van der Waals surface area contributed by atoms with E-state index >= 15 is 0 Å². The summed E-state index contributed by atoms with van der Waals surface area (Å²) in [6, 6.07) is 0. The highest BCUT2D eigenvalue weighted by Gasteiger charge is 2.43. The van der Waals surface area contributed by atoms with Gasteiger partial charge in [0.1, 0.15) is 6.20 Å². The zero-order valence-corrected chi connectivity index (χ0v) is 11.2. The van der Waals surface area contributed by atoms with E-state index in [0.29, 0.717) is 30.8 Å². The third kappa shape index (κ3) is 2.05. The van der Waals surface area contributed by atoms with E-state index in [4.69, 9.17) is 0 Å². The van der Waals surface area contributed by atoms with Crippen molar-refractivity contribution < 1.29 is 10.0 Å². The molecule has 1 aliphatic carbocycles. The van der Waals surface area contributed by atoms with Crippen LogP contribution in [0.25, 0.3) is 0 Å². The third-order valence-corrected chi connectivity index (χ3v) is 4.29. The predicted octanol–water partition coefficient (Wildman–Crippen LogP) is 0.634. The molecule has 108 valence electrons. The summed E-state index contributed by atoms with van der Waals surface area (Å²) in [4.78, 5) is 20.7. The van der Waals surface area contributed by atoms with Gasteiger partial charge in [-0.1, -0.05) is 0 Å². The van der Waals surface area contributed by atoms with E-state index < -0.39 is 4.92 Å².